The van der Waals surface area contributed by atoms with Crippen molar-refractivity contribution in [3.8, 4) is 5.75 Å². The fourth-order valence-corrected chi connectivity index (χ4v) is 4.04. The van der Waals surface area contributed by atoms with Crippen LogP contribution in [0.25, 0.3) is 0 Å². The average molecular weight is 387 g/mol. The van der Waals surface area contributed by atoms with Crippen molar-refractivity contribution < 1.29 is 5.11 Å². The average Bonchev–Trinajstić information content (AvgIpc) is 3.01. The van der Waals surface area contributed by atoms with Crippen molar-refractivity contribution in [2.24, 2.45) is 0 Å². The zero-order chi connectivity index (χ0) is 18.1. The van der Waals surface area contributed by atoms with Gasteiger partial charge < -0.3 is 9.67 Å². The monoisotopic (exact) mass is 386 g/mol. The van der Waals surface area contributed by atoms with Crippen molar-refractivity contribution in [2.45, 2.75) is 25.6 Å². The van der Waals surface area contributed by atoms with E-state index in [9.17, 15) is 5.11 Å². The third-order valence-electron chi connectivity index (χ3n) is 4.98. The van der Waals surface area contributed by atoms with E-state index in [1.165, 1.54) is 5.69 Å². The molecule has 0 saturated carbocycles. The van der Waals surface area contributed by atoms with Gasteiger partial charge in [-0.05, 0) is 42.3 Å². The normalized spacial score (nSPS) is 17.7. The van der Waals surface area contributed by atoms with Crippen LogP contribution < -0.4 is 0 Å². The first-order valence-corrected chi connectivity index (χ1v) is 9.50. The molecule has 1 N–H and O–H groups in total. The van der Waals surface area contributed by atoms with Gasteiger partial charge in [-0.15, -0.1) is 0 Å². The van der Waals surface area contributed by atoms with Crippen molar-refractivity contribution >= 4 is 23.2 Å². The molecular formula is C21H20Cl2N2O. The topological polar surface area (TPSA) is 28.4 Å². The molecule has 134 valence electrons. The van der Waals surface area contributed by atoms with Gasteiger partial charge in [0.15, 0.2) is 0 Å². The number of benzene rings is 2. The highest BCUT2D eigenvalue weighted by molar-refractivity contribution is 6.42. The number of aromatic hydroxyl groups is 1. The smallest absolute Gasteiger partial charge is 0.120 e. The van der Waals surface area contributed by atoms with Gasteiger partial charge in [0.05, 0.1) is 16.1 Å². The van der Waals surface area contributed by atoms with E-state index in [0.717, 1.165) is 30.6 Å². The summed E-state index contributed by atoms with van der Waals surface area (Å²) in [4.78, 5) is 2.40. The Morgan fingerprint density at radius 1 is 0.962 bits per heavy atom. The van der Waals surface area contributed by atoms with Gasteiger partial charge in [0.25, 0.3) is 0 Å². The zero-order valence-electron chi connectivity index (χ0n) is 14.3. The van der Waals surface area contributed by atoms with E-state index in [-0.39, 0.29) is 6.04 Å². The summed E-state index contributed by atoms with van der Waals surface area (Å²) in [6.07, 6.45) is 3.18. The van der Waals surface area contributed by atoms with E-state index in [1.54, 1.807) is 6.07 Å². The first-order chi connectivity index (χ1) is 12.6. The second kappa shape index (κ2) is 7.36. The van der Waals surface area contributed by atoms with Gasteiger partial charge in [0, 0.05) is 37.1 Å². The molecular weight excluding hydrogens is 367 g/mol. The Hall–Kier alpha value is -1.94. The van der Waals surface area contributed by atoms with Crippen LogP contribution in [0.5, 0.6) is 5.75 Å². The van der Waals surface area contributed by atoms with Gasteiger partial charge in [0.2, 0.25) is 0 Å². The fraction of sp³-hybridized carbons (Fsp3) is 0.238. The summed E-state index contributed by atoms with van der Waals surface area (Å²) in [6.45, 7) is 2.58. The summed E-state index contributed by atoms with van der Waals surface area (Å²) in [5, 5.41) is 11.4. The van der Waals surface area contributed by atoms with Crippen molar-refractivity contribution in [1.82, 2.24) is 9.47 Å². The first-order valence-electron chi connectivity index (χ1n) is 8.74. The lowest BCUT2D eigenvalue weighted by molar-refractivity contribution is 0.218. The summed E-state index contributed by atoms with van der Waals surface area (Å²) in [5.41, 5.74) is 3.27. The van der Waals surface area contributed by atoms with Crippen LogP contribution in [0.4, 0.5) is 0 Å². The van der Waals surface area contributed by atoms with Crippen molar-refractivity contribution in [3.05, 3.63) is 87.7 Å². The van der Waals surface area contributed by atoms with Gasteiger partial charge in [-0.3, -0.25) is 4.90 Å². The highest BCUT2D eigenvalue weighted by Crippen LogP contribution is 2.36. The number of phenols is 1. The van der Waals surface area contributed by atoms with E-state index >= 15 is 0 Å². The second-order valence-corrected chi connectivity index (χ2v) is 7.47. The lowest BCUT2D eigenvalue weighted by Gasteiger charge is -2.31. The largest absolute Gasteiger partial charge is 0.508 e. The fourth-order valence-electron chi connectivity index (χ4n) is 3.74. The molecule has 0 spiro atoms. The quantitative estimate of drug-likeness (QED) is 0.643. The van der Waals surface area contributed by atoms with Gasteiger partial charge >= 0.3 is 0 Å². The minimum Gasteiger partial charge on any atom is -0.508 e. The van der Waals surface area contributed by atoms with Crippen LogP contribution in [-0.2, 0) is 13.1 Å². The second-order valence-electron chi connectivity index (χ2n) is 6.66. The number of hydrogen-bond donors (Lipinski definition) is 1. The predicted molar refractivity (Wildman–Crippen MR) is 106 cm³/mol. The molecule has 0 bridgehead atoms. The van der Waals surface area contributed by atoms with E-state index < -0.39 is 0 Å². The molecule has 1 aliphatic heterocycles. The summed E-state index contributed by atoms with van der Waals surface area (Å²) >= 11 is 12.4. The predicted octanol–water partition coefficient (Wildman–Crippen LogP) is 5.50. The third-order valence-corrected chi connectivity index (χ3v) is 5.72. The Morgan fingerprint density at radius 2 is 1.81 bits per heavy atom. The lowest BCUT2D eigenvalue weighted by Crippen LogP contribution is -2.29. The number of rotatable bonds is 3. The Kier molecular flexibility index (Phi) is 4.94. The Morgan fingerprint density at radius 3 is 2.62 bits per heavy atom. The standard InChI is InChI=1S/C21H20Cl2N2O/c22-17-9-8-15(13-18(17)23)21-19-6-3-10-24(19)11-4-12-25(21)14-16-5-1-2-7-20(16)26/h1-3,5-10,13,21,26H,4,11-12,14H2. The van der Waals surface area contributed by atoms with Gasteiger partial charge in [-0.25, -0.2) is 0 Å². The van der Waals surface area contributed by atoms with Gasteiger partial charge in [-0.1, -0.05) is 47.5 Å². The maximum Gasteiger partial charge on any atom is 0.120 e. The van der Waals surface area contributed by atoms with Crippen LogP contribution in [0.2, 0.25) is 10.0 Å². The number of aromatic nitrogens is 1. The van der Waals surface area contributed by atoms with Crippen LogP contribution in [0.1, 0.15) is 29.3 Å². The zero-order valence-corrected chi connectivity index (χ0v) is 15.8. The van der Waals surface area contributed by atoms with Crippen LogP contribution in [0.3, 0.4) is 0 Å². The molecule has 4 rings (SSSR count). The van der Waals surface area contributed by atoms with E-state index in [4.69, 9.17) is 23.2 Å². The van der Waals surface area contributed by atoms with Crippen molar-refractivity contribution in [3.63, 3.8) is 0 Å². The number of nitrogens with zero attached hydrogens (tertiary/aromatic N) is 2. The first kappa shape index (κ1) is 17.5. The molecule has 0 saturated heterocycles. The van der Waals surface area contributed by atoms with E-state index in [2.05, 4.69) is 27.8 Å². The molecule has 0 fully saturated rings. The number of halogens is 2. The molecule has 1 atom stereocenters. The van der Waals surface area contributed by atoms with Crippen molar-refractivity contribution in [2.75, 3.05) is 6.54 Å². The summed E-state index contributed by atoms with van der Waals surface area (Å²) in [7, 11) is 0. The highest BCUT2D eigenvalue weighted by Gasteiger charge is 2.28. The molecule has 0 amide bonds. The molecule has 1 aromatic heterocycles. The highest BCUT2D eigenvalue weighted by atomic mass is 35.5. The molecule has 26 heavy (non-hydrogen) atoms. The summed E-state index contributed by atoms with van der Waals surface area (Å²) < 4.78 is 2.30. The maximum atomic E-state index is 10.2. The molecule has 3 nitrogen and oxygen atoms in total. The van der Waals surface area contributed by atoms with Crippen LogP contribution >= 0.6 is 23.2 Å². The molecule has 1 unspecified atom stereocenters. The number of hydrogen-bond acceptors (Lipinski definition) is 2. The van der Waals surface area contributed by atoms with Crippen molar-refractivity contribution in [1.29, 1.82) is 0 Å². The summed E-state index contributed by atoms with van der Waals surface area (Å²) in [5.74, 6) is 0.333. The molecule has 3 aromatic rings. The molecule has 5 heteroatoms. The maximum absolute atomic E-state index is 10.2. The number of para-hydroxylation sites is 1. The Balaban J connectivity index is 1.78. The molecule has 0 radical (unpaired) electrons. The Labute approximate surface area is 163 Å². The molecule has 2 heterocycles. The summed E-state index contributed by atoms with van der Waals surface area (Å²) in [6, 6.07) is 17.7. The lowest BCUT2D eigenvalue weighted by atomic mass is 10.0. The minimum atomic E-state index is 0.0573. The van der Waals surface area contributed by atoms with Crippen LogP contribution in [0, 0.1) is 0 Å². The molecule has 1 aliphatic rings. The number of aryl methyl sites for hydroxylation is 1. The molecule has 2 aromatic carbocycles. The van der Waals surface area contributed by atoms with Crippen LogP contribution in [-0.4, -0.2) is 21.1 Å². The Bertz CT molecular complexity index is 922. The number of fused-ring (bicyclic) bond motifs is 1. The SMILES string of the molecule is Oc1ccccc1CN1CCCn2cccc2C1c1ccc(Cl)c(Cl)c1. The van der Waals surface area contributed by atoms with E-state index in [0.29, 0.717) is 22.3 Å². The number of phenolic OH excluding ortho intramolecular Hbond substituents is 1. The molecule has 0 aliphatic carbocycles. The third kappa shape index (κ3) is 3.35. The minimum absolute atomic E-state index is 0.0573. The van der Waals surface area contributed by atoms with E-state index in [1.807, 2.05) is 36.4 Å². The van der Waals surface area contributed by atoms with Crippen LogP contribution in [0.15, 0.2) is 60.8 Å². The van der Waals surface area contributed by atoms with Gasteiger partial charge in [-0.2, -0.15) is 0 Å². The van der Waals surface area contributed by atoms with Gasteiger partial charge in [0.1, 0.15) is 5.75 Å².